The van der Waals surface area contributed by atoms with E-state index in [-0.39, 0.29) is 11.5 Å². The lowest BCUT2D eigenvalue weighted by Gasteiger charge is -2.07. The predicted octanol–water partition coefficient (Wildman–Crippen LogP) is 2.26. The van der Waals surface area contributed by atoms with Crippen molar-refractivity contribution in [3.63, 3.8) is 0 Å². The van der Waals surface area contributed by atoms with E-state index in [1.165, 1.54) is 24.5 Å². The first-order valence-corrected chi connectivity index (χ1v) is 9.61. The fraction of sp³-hybridized carbons (Fsp3) is 0.0909. The van der Waals surface area contributed by atoms with Gasteiger partial charge in [-0.1, -0.05) is 36.9 Å². The van der Waals surface area contributed by atoms with Crippen molar-refractivity contribution >= 4 is 35.1 Å². The average Bonchev–Trinajstić information content (AvgIpc) is 3.06. The van der Waals surface area contributed by atoms with Crippen molar-refractivity contribution in [3.8, 4) is 11.5 Å². The van der Waals surface area contributed by atoms with Crippen molar-refractivity contribution in [3.05, 3.63) is 86.3 Å². The Bertz CT molecular complexity index is 1180. The van der Waals surface area contributed by atoms with Gasteiger partial charge in [0.25, 0.3) is 11.5 Å². The minimum Gasteiger partial charge on any atom is -0.495 e. The highest BCUT2D eigenvalue weighted by atomic mass is 32.1. The molecule has 2 aromatic carbocycles. The van der Waals surface area contributed by atoms with E-state index in [0.29, 0.717) is 27.2 Å². The Hall–Kier alpha value is -3.58. The van der Waals surface area contributed by atoms with Crippen LogP contribution in [0.5, 0.6) is 11.5 Å². The van der Waals surface area contributed by atoms with Crippen LogP contribution >= 0.6 is 11.3 Å². The molecule has 0 aliphatic heterocycles. The van der Waals surface area contributed by atoms with Crippen molar-refractivity contribution < 1.29 is 14.3 Å². The van der Waals surface area contributed by atoms with E-state index in [1.54, 1.807) is 30.4 Å². The van der Waals surface area contributed by atoms with Crippen LogP contribution in [0.2, 0.25) is 0 Å². The van der Waals surface area contributed by atoms with Crippen LogP contribution in [0.15, 0.2) is 66.0 Å². The Balaban J connectivity index is 1.80. The van der Waals surface area contributed by atoms with Gasteiger partial charge in [0.15, 0.2) is 0 Å². The third-order valence-electron chi connectivity index (χ3n) is 3.85. The summed E-state index contributed by atoms with van der Waals surface area (Å²) in [4.78, 5) is 27.2. The zero-order valence-corrected chi connectivity index (χ0v) is 16.6. The first-order chi connectivity index (χ1) is 14.1. The van der Waals surface area contributed by atoms with Crippen molar-refractivity contribution in [2.24, 2.45) is 0 Å². The number of nitrogens with one attached hydrogen (secondary N) is 2. The maximum absolute atomic E-state index is 12.3. The van der Waals surface area contributed by atoms with Gasteiger partial charge in [0.2, 0.25) is 0 Å². The molecule has 7 heteroatoms. The predicted molar refractivity (Wildman–Crippen MR) is 116 cm³/mol. The molecule has 0 aliphatic rings. The number of aromatic amines is 1. The van der Waals surface area contributed by atoms with Crippen LogP contribution < -0.4 is 29.5 Å². The van der Waals surface area contributed by atoms with Gasteiger partial charge >= 0.3 is 0 Å². The Morgan fingerprint density at radius 2 is 1.97 bits per heavy atom. The first kappa shape index (κ1) is 20.2. The molecule has 0 fully saturated rings. The van der Waals surface area contributed by atoms with Gasteiger partial charge < -0.3 is 19.8 Å². The normalized spacial score (nSPS) is 11.9. The summed E-state index contributed by atoms with van der Waals surface area (Å²) in [6.45, 7) is 4.04. The summed E-state index contributed by atoms with van der Waals surface area (Å²) in [5.74, 6) is 0.926. The average molecular weight is 408 g/mol. The van der Waals surface area contributed by atoms with Gasteiger partial charge in [0.1, 0.15) is 22.8 Å². The van der Waals surface area contributed by atoms with Crippen LogP contribution in [-0.4, -0.2) is 24.6 Å². The molecule has 3 aromatic rings. The Kier molecular flexibility index (Phi) is 6.65. The molecule has 0 spiro atoms. The Labute approximate surface area is 171 Å². The molecule has 148 valence electrons. The molecule has 0 radical (unpaired) electrons. The van der Waals surface area contributed by atoms with E-state index in [1.807, 2.05) is 30.3 Å². The molecule has 0 saturated carbocycles. The summed E-state index contributed by atoms with van der Waals surface area (Å²) in [5, 5.41) is 2.75. The van der Waals surface area contributed by atoms with Gasteiger partial charge in [-0.25, -0.2) is 0 Å². The van der Waals surface area contributed by atoms with Crippen molar-refractivity contribution in [1.82, 2.24) is 4.98 Å². The van der Waals surface area contributed by atoms with Crippen molar-refractivity contribution in [2.75, 3.05) is 19.0 Å². The molecule has 1 aromatic heterocycles. The fourth-order valence-corrected chi connectivity index (χ4v) is 3.41. The third kappa shape index (κ3) is 5.46. The zero-order chi connectivity index (χ0) is 20.6. The molecule has 0 bridgehead atoms. The lowest BCUT2D eigenvalue weighted by Crippen LogP contribution is -2.20. The molecule has 1 amide bonds. The van der Waals surface area contributed by atoms with Gasteiger partial charge in [-0.15, -0.1) is 11.3 Å². The molecule has 0 atom stereocenters. The van der Waals surface area contributed by atoms with Crippen LogP contribution in [0, 0.1) is 0 Å². The minimum atomic E-state index is -0.359. The van der Waals surface area contributed by atoms with Gasteiger partial charge in [-0.3, -0.25) is 9.59 Å². The number of H-pyrrole nitrogens is 1. The van der Waals surface area contributed by atoms with Crippen molar-refractivity contribution in [2.45, 2.75) is 0 Å². The highest BCUT2D eigenvalue weighted by Gasteiger charge is 2.05. The summed E-state index contributed by atoms with van der Waals surface area (Å²) in [6.07, 6.45) is 4.78. The molecule has 0 saturated heterocycles. The summed E-state index contributed by atoms with van der Waals surface area (Å²) >= 11 is 1.21. The number of para-hydroxylation sites is 2. The van der Waals surface area contributed by atoms with E-state index in [4.69, 9.17) is 9.47 Å². The second-order valence-corrected chi connectivity index (χ2v) is 7.02. The maximum atomic E-state index is 12.3. The molecule has 0 unspecified atom stereocenters. The topological polar surface area (TPSA) is 80.4 Å². The standard InChI is InChI=1S/C22H20N2O4S/c1-3-12-28-16-10-8-15(9-11-16)13-19-22(26)24-21(29-19)14-20(25)23-17-6-4-5-7-18(17)27-2/h3-11,13-14H,1,12H2,2H3,(H,23,25)(H,24,26)/b19-13-,21-14-. The molecule has 2 N–H and O–H groups in total. The van der Waals surface area contributed by atoms with Crippen LogP contribution in [0.25, 0.3) is 12.2 Å². The summed E-state index contributed by atoms with van der Waals surface area (Å²) in [6, 6.07) is 14.5. The fourth-order valence-electron chi connectivity index (χ4n) is 2.53. The number of carbonyl (C=O) groups is 1. The van der Waals surface area contributed by atoms with Gasteiger partial charge in [0.05, 0.1) is 17.3 Å². The molecule has 6 nitrogen and oxygen atoms in total. The number of hydrogen-bond donors (Lipinski definition) is 2. The van der Waals surface area contributed by atoms with Crippen LogP contribution in [0.1, 0.15) is 5.56 Å². The third-order valence-corrected chi connectivity index (χ3v) is 4.82. The van der Waals surface area contributed by atoms with E-state index in [0.717, 1.165) is 11.3 Å². The number of anilines is 1. The number of methoxy groups -OCH3 is 1. The number of ether oxygens (including phenoxy) is 2. The molecular formula is C22H20N2O4S. The van der Waals surface area contributed by atoms with E-state index < -0.39 is 0 Å². The number of carbonyl (C=O) groups excluding carboxylic acids is 1. The van der Waals surface area contributed by atoms with Crippen LogP contribution in [0.3, 0.4) is 0 Å². The van der Waals surface area contributed by atoms with E-state index >= 15 is 0 Å². The second-order valence-electron chi connectivity index (χ2n) is 5.93. The molecule has 0 aliphatic carbocycles. The molecule has 3 rings (SSSR count). The number of aromatic nitrogens is 1. The van der Waals surface area contributed by atoms with E-state index in [9.17, 15) is 9.59 Å². The molecule has 29 heavy (non-hydrogen) atoms. The number of amides is 1. The van der Waals surface area contributed by atoms with Crippen molar-refractivity contribution in [1.29, 1.82) is 0 Å². The number of benzene rings is 2. The van der Waals surface area contributed by atoms with Crippen LogP contribution in [0.4, 0.5) is 5.69 Å². The van der Waals surface area contributed by atoms with Crippen LogP contribution in [-0.2, 0) is 4.79 Å². The quantitative estimate of drug-likeness (QED) is 0.588. The lowest BCUT2D eigenvalue weighted by molar-refractivity contribution is -0.110. The first-order valence-electron chi connectivity index (χ1n) is 8.79. The van der Waals surface area contributed by atoms with E-state index in [2.05, 4.69) is 16.9 Å². The zero-order valence-electron chi connectivity index (χ0n) is 15.8. The summed E-state index contributed by atoms with van der Waals surface area (Å²) in [5.41, 5.74) is 1.16. The lowest BCUT2D eigenvalue weighted by atomic mass is 10.2. The summed E-state index contributed by atoms with van der Waals surface area (Å²) in [7, 11) is 1.53. The summed E-state index contributed by atoms with van der Waals surface area (Å²) < 4.78 is 11.6. The van der Waals surface area contributed by atoms with Gasteiger partial charge in [-0.2, -0.15) is 0 Å². The smallest absolute Gasteiger partial charge is 0.266 e. The second kappa shape index (κ2) is 9.57. The molecule has 1 heterocycles. The highest BCUT2D eigenvalue weighted by molar-refractivity contribution is 7.07. The Morgan fingerprint density at radius 1 is 1.21 bits per heavy atom. The number of rotatable bonds is 7. The Morgan fingerprint density at radius 3 is 2.69 bits per heavy atom. The maximum Gasteiger partial charge on any atom is 0.266 e. The number of hydrogen-bond acceptors (Lipinski definition) is 5. The monoisotopic (exact) mass is 408 g/mol. The largest absolute Gasteiger partial charge is 0.495 e. The minimum absolute atomic E-state index is 0.252. The van der Waals surface area contributed by atoms with Gasteiger partial charge in [0, 0.05) is 6.08 Å². The highest BCUT2D eigenvalue weighted by Crippen LogP contribution is 2.22. The number of thiazole rings is 1. The molecular weight excluding hydrogens is 388 g/mol. The van der Waals surface area contributed by atoms with Gasteiger partial charge in [-0.05, 0) is 35.9 Å². The SMILES string of the molecule is C=CCOc1ccc(/C=c2\s/c(=C\C(=O)Nc3ccccc3OC)[nH]c2=O)cc1.